The van der Waals surface area contributed by atoms with E-state index in [1.54, 1.807) is 12.1 Å². The van der Waals surface area contributed by atoms with Crippen LogP contribution < -0.4 is 0 Å². The van der Waals surface area contributed by atoms with Gasteiger partial charge in [0.1, 0.15) is 0 Å². The fraction of sp³-hybridized carbons (Fsp3) is 0.391. The molecule has 2 aromatic carbocycles. The average Bonchev–Trinajstić information content (AvgIpc) is 2.60. The predicted octanol–water partition coefficient (Wildman–Crippen LogP) is 5.66. The van der Waals surface area contributed by atoms with E-state index in [1.807, 2.05) is 52.0 Å². The highest BCUT2D eigenvalue weighted by Crippen LogP contribution is 2.36. The molecule has 0 aromatic heterocycles. The highest BCUT2D eigenvalue weighted by molar-refractivity contribution is 5.90. The highest BCUT2D eigenvalue weighted by atomic mass is 16.4. The molecule has 0 spiro atoms. The standard InChI is InChI=1S/C23H28O4/c1-13(2)19-11-15(7-9-17(19)21(24)25)23(5,6)16-8-10-18(22(26)27)20(12-16)14(3)4/h7-14H,1-6H3,(H,24,25)(H,26,27). The maximum Gasteiger partial charge on any atom is 0.335 e. The van der Waals surface area contributed by atoms with Crippen molar-refractivity contribution < 1.29 is 19.8 Å². The molecule has 0 heterocycles. The minimum Gasteiger partial charge on any atom is -0.478 e. The number of carbonyl (C=O) groups is 2. The van der Waals surface area contributed by atoms with Crippen molar-refractivity contribution in [2.45, 2.75) is 58.8 Å². The van der Waals surface area contributed by atoms with Crippen LogP contribution in [0.3, 0.4) is 0 Å². The van der Waals surface area contributed by atoms with Crippen LogP contribution in [-0.2, 0) is 5.41 Å². The summed E-state index contributed by atoms with van der Waals surface area (Å²) in [6.45, 7) is 12.1. The van der Waals surface area contributed by atoms with Crippen LogP contribution >= 0.6 is 0 Å². The summed E-state index contributed by atoms with van der Waals surface area (Å²) in [6, 6.07) is 11.0. The molecule has 0 atom stereocenters. The molecule has 27 heavy (non-hydrogen) atoms. The summed E-state index contributed by atoms with van der Waals surface area (Å²) in [5.41, 5.74) is 3.89. The quantitative estimate of drug-likeness (QED) is 0.690. The topological polar surface area (TPSA) is 74.6 Å². The zero-order chi connectivity index (χ0) is 20.5. The first-order chi connectivity index (χ1) is 12.5. The molecule has 0 saturated heterocycles. The smallest absolute Gasteiger partial charge is 0.335 e. The molecule has 0 saturated carbocycles. The Morgan fingerprint density at radius 3 is 1.33 bits per heavy atom. The van der Waals surface area contributed by atoms with Gasteiger partial charge in [0.2, 0.25) is 0 Å². The SMILES string of the molecule is CC(C)c1cc(C(C)(C)c2ccc(C(=O)O)c(C(C)C)c2)ccc1C(=O)O. The van der Waals surface area contributed by atoms with Gasteiger partial charge in [-0.3, -0.25) is 0 Å². The van der Waals surface area contributed by atoms with Gasteiger partial charge in [0, 0.05) is 5.41 Å². The van der Waals surface area contributed by atoms with Crippen LogP contribution in [0.4, 0.5) is 0 Å². The molecule has 2 N–H and O–H groups in total. The summed E-state index contributed by atoms with van der Waals surface area (Å²) in [4.78, 5) is 23.0. The Labute approximate surface area is 160 Å². The Hall–Kier alpha value is -2.62. The van der Waals surface area contributed by atoms with Gasteiger partial charge in [-0.2, -0.15) is 0 Å². The molecule has 0 amide bonds. The minimum atomic E-state index is -0.920. The monoisotopic (exact) mass is 368 g/mol. The largest absolute Gasteiger partial charge is 0.478 e. The van der Waals surface area contributed by atoms with Gasteiger partial charge >= 0.3 is 11.9 Å². The maximum absolute atomic E-state index is 11.5. The third kappa shape index (κ3) is 4.05. The normalized spacial score (nSPS) is 11.9. The Morgan fingerprint density at radius 1 is 0.741 bits per heavy atom. The number of hydrogen-bond donors (Lipinski definition) is 2. The fourth-order valence-corrected chi connectivity index (χ4v) is 3.41. The summed E-state index contributed by atoms with van der Waals surface area (Å²) in [5, 5.41) is 18.9. The second-order valence-corrected chi connectivity index (χ2v) is 8.15. The lowest BCUT2D eigenvalue weighted by atomic mass is 9.75. The van der Waals surface area contributed by atoms with Gasteiger partial charge < -0.3 is 10.2 Å². The summed E-state index contributed by atoms with van der Waals surface area (Å²) in [7, 11) is 0. The van der Waals surface area contributed by atoms with E-state index in [0.29, 0.717) is 11.1 Å². The molecule has 0 aliphatic carbocycles. The van der Waals surface area contributed by atoms with E-state index < -0.39 is 11.9 Å². The van der Waals surface area contributed by atoms with E-state index in [2.05, 4.69) is 13.8 Å². The van der Waals surface area contributed by atoms with Gasteiger partial charge in [0.25, 0.3) is 0 Å². The molecule has 0 aliphatic rings. The Kier molecular flexibility index (Phi) is 5.79. The molecule has 144 valence electrons. The van der Waals surface area contributed by atoms with E-state index in [1.165, 1.54) is 0 Å². The van der Waals surface area contributed by atoms with E-state index >= 15 is 0 Å². The molecule has 2 aromatic rings. The lowest BCUT2D eigenvalue weighted by Crippen LogP contribution is -2.21. The minimum absolute atomic E-state index is 0.0902. The molecule has 0 unspecified atom stereocenters. The van der Waals surface area contributed by atoms with Crippen LogP contribution in [0.1, 0.15) is 96.3 Å². The lowest BCUT2D eigenvalue weighted by Gasteiger charge is -2.29. The van der Waals surface area contributed by atoms with Crippen molar-refractivity contribution in [1.82, 2.24) is 0 Å². The van der Waals surface area contributed by atoms with Crippen LogP contribution in [0, 0.1) is 0 Å². The third-order valence-electron chi connectivity index (χ3n) is 5.25. The van der Waals surface area contributed by atoms with Crippen LogP contribution in [0.25, 0.3) is 0 Å². The molecule has 0 radical (unpaired) electrons. The van der Waals surface area contributed by atoms with Gasteiger partial charge in [0.05, 0.1) is 11.1 Å². The van der Waals surface area contributed by atoms with Gasteiger partial charge in [-0.05, 0) is 46.2 Å². The molecule has 0 aliphatic heterocycles. The summed E-state index contributed by atoms with van der Waals surface area (Å²) in [6.07, 6.45) is 0. The number of carboxylic acid groups (broad SMARTS) is 2. The second kappa shape index (κ2) is 7.55. The van der Waals surface area contributed by atoms with Crippen molar-refractivity contribution in [1.29, 1.82) is 0 Å². The summed E-state index contributed by atoms with van der Waals surface area (Å²) in [5.74, 6) is -1.66. The van der Waals surface area contributed by atoms with Crippen LogP contribution in [0.2, 0.25) is 0 Å². The van der Waals surface area contributed by atoms with E-state index in [4.69, 9.17) is 0 Å². The molecule has 0 fully saturated rings. The molecule has 4 nitrogen and oxygen atoms in total. The first-order valence-electron chi connectivity index (χ1n) is 9.22. The number of carboxylic acids is 2. The number of hydrogen-bond acceptors (Lipinski definition) is 2. The van der Waals surface area contributed by atoms with Crippen molar-refractivity contribution in [2.75, 3.05) is 0 Å². The van der Waals surface area contributed by atoms with Gasteiger partial charge in [0.15, 0.2) is 0 Å². The van der Waals surface area contributed by atoms with E-state index in [0.717, 1.165) is 22.3 Å². The van der Waals surface area contributed by atoms with Gasteiger partial charge in [-0.25, -0.2) is 9.59 Å². The lowest BCUT2D eigenvalue weighted by molar-refractivity contribution is 0.0684. The molecule has 0 bridgehead atoms. The number of aromatic carboxylic acids is 2. The van der Waals surface area contributed by atoms with Crippen molar-refractivity contribution >= 4 is 11.9 Å². The Balaban J connectivity index is 2.62. The van der Waals surface area contributed by atoms with Gasteiger partial charge in [-0.1, -0.05) is 65.8 Å². The molecule has 4 heteroatoms. The number of benzene rings is 2. The molecular weight excluding hydrogens is 340 g/mol. The first kappa shape index (κ1) is 20.7. The Bertz CT molecular complexity index is 804. The van der Waals surface area contributed by atoms with E-state index in [9.17, 15) is 19.8 Å². The fourth-order valence-electron chi connectivity index (χ4n) is 3.41. The first-order valence-corrected chi connectivity index (χ1v) is 9.22. The average molecular weight is 368 g/mol. The third-order valence-corrected chi connectivity index (χ3v) is 5.25. The maximum atomic E-state index is 11.5. The van der Waals surface area contributed by atoms with Crippen molar-refractivity contribution in [3.63, 3.8) is 0 Å². The summed E-state index contributed by atoms with van der Waals surface area (Å²) >= 11 is 0. The second-order valence-electron chi connectivity index (χ2n) is 8.15. The zero-order valence-electron chi connectivity index (χ0n) is 16.8. The van der Waals surface area contributed by atoms with Crippen LogP contribution in [0.5, 0.6) is 0 Å². The highest BCUT2D eigenvalue weighted by Gasteiger charge is 2.27. The molecule has 2 rings (SSSR count). The summed E-state index contributed by atoms with van der Waals surface area (Å²) < 4.78 is 0. The Morgan fingerprint density at radius 2 is 1.07 bits per heavy atom. The zero-order valence-corrected chi connectivity index (χ0v) is 16.8. The van der Waals surface area contributed by atoms with Crippen LogP contribution in [0.15, 0.2) is 36.4 Å². The van der Waals surface area contributed by atoms with Crippen molar-refractivity contribution in [3.8, 4) is 0 Å². The number of rotatable bonds is 6. The van der Waals surface area contributed by atoms with E-state index in [-0.39, 0.29) is 17.3 Å². The van der Waals surface area contributed by atoms with Crippen molar-refractivity contribution in [2.24, 2.45) is 0 Å². The predicted molar refractivity (Wildman–Crippen MR) is 107 cm³/mol. The molecular formula is C23H28O4. The van der Waals surface area contributed by atoms with Crippen LogP contribution in [-0.4, -0.2) is 22.2 Å². The van der Waals surface area contributed by atoms with Gasteiger partial charge in [-0.15, -0.1) is 0 Å². The van der Waals surface area contributed by atoms with Crippen molar-refractivity contribution in [3.05, 3.63) is 69.8 Å².